The number of para-hydroxylation sites is 1. The molecule has 0 spiro atoms. The van der Waals surface area contributed by atoms with Gasteiger partial charge < -0.3 is 4.74 Å². The van der Waals surface area contributed by atoms with Crippen molar-refractivity contribution in [3.63, 3.8) is 0 Å². The van der Waals surface area contributed by atoms with Crippen molar-refractivity contribution < 1.29 is 13.9 Å². The molecule has 18 heavy (non-hydrogen) atoms. The zero-order valence-corrected chi connectivity index (χ0v) is 11.6. The molecule has 0 fully saturated rings. The van der Waals surface area contributed by atoms with Crippen LogP contribution in [0.15, 0.2) is 42.5 Å². The molecule has 4 heteroatoms. The molecule has 0 heterocycles. The Hall–Kier alpha value is -1.43. The van der Waals surface area contributed by atoms with Crippen LogP contribution in [0.1, 0.15) is 15.9 Å². The maximum absolute atomic E-state index is 13.5. The van der Waals surface area contributed by atoms with E-state index in [2.05, 4.69) is 22.6 Å². The zero-order valence-electron chi connectivity index (χ0n) is 9.40. The molecule has 0 N–H and O–H groups in total. The minimum Gasteiger partial charge on any atom is -0.485 e. The molecule has 92 valence electrons. The van der Waals surface area contributed by atoms with Crippen molar-refractivity contribution in [1.29, 1.82) is 0 Å². The molecule has 2 aromatic rings. The van der Waals surface area contributed by atoms with E-state index >= 15 is 0 Å². The second kappa shape index (κ2) is 5.95. The average Bonchev–Trinajstić information content (AvgIpc) is 2.39. The van der Waals surface area contributed by atoms with Gasteiger partial charge in [0.25, 0.3) is 0 Å². The first-order valence-corrected chi connectivity index (χ1v) is 6.39. The predicted molar refractivity (Wildman–Crippen MR) is 75.3 cm³/mol. The summed E-state index contributed by atoms with van der Waals surface area (Å²) < 4.78 is 20.0. The Morgan fingerprint density at radius 1 is 1.17 bits per heavy atom. The quantitative estimate of drug-likeness (QED) is 0.615. The number of hydrogen-bond donors (Lipinski definition) is 0. The monoisotopic (exact) mass is 356 g/mol. The maximum Gasteiger partial charge on any atom is 0.165 e. The topological polar surface area (TPSA) is 26.3 Å². The lowest BCUT2D eigenvalue weighted by Crippen LogP contribution is -2.00. The smallest absolute Gasteiger partial charge is 0.165 e. The molecule has 0 aliphatic carbocycles. The van der Waals surface area contributed by atoms with Gasteiger partial charge in [-0.25, -0.2) is 4.39 Å². The summed E-state index contributed by atoms with van der Waals surface area (Å²) in [4.78, 5) is 10.8. The number of hydrogen-bond acceptors (Lipinski definition) is 2. The lowest BCUT2D eigenvalue weighted by atomic mass is 10.2. The van der Waals surface area contributed by atoms with Gasteiger partial charge in [0.15, 0.2) is 17.9 Å². The highest BCUT2D eigenvalue weighted by atomic mass is 127. The van der Waals surface area contributed by atoms with Crippen LogP contribution >= 0.6 is 22.6 Å². The Morgan fingerprint density at radius 3 is 2.56 bits per heavy atom. The summed E-state index contributed by atoms with van der Waals surface area (Å²) in [5.41, 5.74) is 1.15. The summed E-state index contributed by atoms with van der Waals surface area (Å²) >= 11 is 2.21. The van der Waals surface area contributed by atoms with Gasteiger partial charge in [0.2, 0.25) is 0 Å². The van der Waals surface area contributed by atoms with Crippen molar-refractivity contribution in [1.82, 2.24) is 0 Å². The highest BCUT2D eigenvalue weighted by Gasteiger charge is 2.09. The lowest BCUT2D eigenvalue weighted by molar-refractivity contribution is 0.111. The van der Waals surface area contributed by atoms with Gasteiger partial charge in [-0.15, -0.1) is 0 Å². The molecular formula is C14H10FIO2. The first kappa shape index (κ1) is 13.0. The van der Waals surface area contributed by atoms with E-state index in [0.29, 0.717) is 6.29 Å². The van der Waals surface area contributed by atoms with Crippen molar-refractivity contribution in [2.45, 2.75) is 6.61 Å². The second-order valence-electron chi connectivity index (χ2n) is 3.69. The van der Waals surface area contributed by atoms with Gasteiger partial charge in [0.1, 0.15) is 6.61 Å². The van der Waals surface area contributed by atoms with E-state index in [9.17, 15) is 9.18 Å². The first-order valence-electron chi connectivity index (χ1n) is 5.31. The predicted octanol–water partition coefficient (Wildman–Crippen LogP) is 3.82. The van der Waals surface area contributed by atoms with E-state index in [1.807, 2.05) is 24.3 Å². The summed E-state index contributed by atoms with van der Waals surface area (Å²) in [6.45, 7) is 0.235. The van der Waals surface area contributed by atoms with Gasteiger partial charge in [-0.2, -0.15) is 0 Å². The molecule has 0 unspecified atom stereocenters. The van der Waals surface area contributed by atoms with Crippen LogP contribution in [-0.4, -0.2) is 6.29 Å². The van der Waals surface area contributed by atoms with Crippen molar-refractivity contribution in [3.8, 4) is 5.75 Å². The molecule has 0 amide bonds. The summed E-state index contributed by atoms with van der Waals surface area (Å²) in [6, 6.07) is 12.0. The number of carbonyl (C=O) groups is 1. The Morgan fingerprint density at radius 2 is 1.89 bits per heavy atom. The van der Waals surface area contributed by atoms with E-state index < -0.39 is 5.82 Å². The van der Waals surface area contributed by atoms with E-state index in [-0.39, 0.29) is 17.9 Å². The third kappa shape index (κ3) is 3.07. The fourth-order valence-corrected chi connectivity index (χ4v) is 1.87. The number of rotatable bonds is 4. The van der Waals surface area contributed by atoms with E-state index in [4.69, 9.17) is 4.74 Å². The van der Waals surface area contributed by atoms with Gasteiger partial charge >= 0.3 is 0 Å². The Bertz CT molecular complexity index is 552. The van der Waals surface area contributed by atoms with Crippen molar-refractivity contribution in [3.05, 3.63) is 63.0 Å². The molecule has 0 saturated heterocycles. The van der Waals surface area contributed by atoms with Crippen LogP contribution in [0.3, 0.4) is 0 Å². The average molecular weight is 356 g/mol. The third-order valence-corrected chi connectivity index (χ3v) is 3.14. The second-order valence-corrected chi connectivity index (χ2v) is 4.94. The van der Waals surface area contributed by atoms with Gasteiger partial charge in [0, 0.05) is 3.57 Å². The molecular weight excluding hydrogens is 346 g/mol. The standard InChI is InChI=1S/C14H10FIO2/c15-13-3-1-2-11(8-17)14(13)18-9-10-4-6-12(16)7-5-10/h1-8H,9H2. The number of carbonyl (C=O) groups excluding carboxylic acids is 1. The molecule has 0 bridgehead atoms. The highest BCUT2D eigenvalue weighted by molar-refractivity contribution is 14.1. The molecule has 2 nitrogen and oxygen atoms in total. The Kier molecular flexibility index (Phi) is 4.30. The van der Waals surface area contributed by atoms with Crippen LogP contribution in [0.25, 0.3) is 0 Å². The SMILES string of the molecule is O=Cc1cccc(F)c1OCc1ccc(I)cc1. The third-order valence-electron chi connectivity index (χ3n) is 2.42. The summed E-state index contributed by atoms with van der Waals surface area (Å²) in [5, 5.41) is 0. The van der Waals surface area contributed by atoms with Crippen molar-refractivity contribution in [2.75, 3.05) is 0 Å². The Labute approximate surface area is 118 Å². The molecule has 0 aliphatic heterocycles. The largest absolute Gasteiger partial charge is 0.485 e. The fourth-order valence-electron chi connectivity index (χ4n) is 1.51. The van der Waals surface area contributed by atoms with Gasteiger partial charge in [-0.3, -0.25) is 4.79 Å². The molecule has 0 atom stereocenters. The molecule has 0 saturated carbocycles. The summed E-state index contributed by atoms with van der Waals surface area (Å²) in [7, 11) is 0. The number of benzene rings is 2. The van der Waals surface area contributed by atoms with Crippen molar-refractivity contribution in [2.24, 2.45) is 0 Å². The lowest BCUT2D eigenvalue weighted by Gasteiger charge is -2.09. The minimum absolute atomic E-state index is 0.00560. The number of ether oxygens (including phenoxy) is 1. The first-order chi connectivity index (χ1) is 8.70. The summed E-state index contributed by atoms with van der Waals surface area (Å²) in [6.07, 6.45) is 0.590. The summed E-state index contributed by atoms with van der Waals surface area (Å²) in [5.74, 6) is -0.517. The Balaban J connectivity index is 2.15. The van der Waals surface area contributed by atoms with Gasteiger partial charge in [-0.05, 0) is 52.4 Å². The number of halogens is 2. The van der Waals surface area contributed by atoms with Crippen molar-refractivity contribution >= 4 is 28.9 Å². The number of aldehydes is 1. The van der Waals surface area contributed by atoms with Crippen LogP contribution in [-0.2, 0) is 6.61 Å². The van der Waals surface area contributed by atoms with Gasteiger partial charge in [0.05, 0.1) is 5.56 Å². The van der Waals surface area contributed by atoms with Crippen LogP contribution in [0.2, 0.25) is 0 Å². The molecule has 2 aromatic carbocycles. The molecule has 0 aromatic heterocycles. The maximum atomic E-state index is 13.5. The van der Waals surface area contributed by atoms with Crippen LogP contribution < -0.4 is 4.74 Å². The molecule has 0 radical (unpaired) electrons. The van der Waals surface area contributed by atoms with Crippen LogP contribution in [0, 0.1) is 9.39 Å². The fraction of sp³-hybridized carbons (Fsp3) is 0.0714. The van der Waals surface area contributed by atoms with E-state index in [1.165, 1.54) is 18.2 Å². The molecule has 2 rings (SSSR count). The van der Waals surface area contributed by atoms with E-state index in [0.717, 1.165) is 9.13 Å². The molecule has 0 aliphatic rings. The normalized spacial score (nSPS) is 10.1. The highest BCUT2D eigenvalue weighted by Crippen LogP contribution is 2.22. The minimum atomic E-state index is -0.523. The van der Waals surface area contributed by atoms with Crippen LogP contribution in [0.4, 0.5) is 4.39 Å². The van der Waals surface area contributed by atoms with Crippen LogP contribution in [0.5, 0.6) is 5.75 Å². The zero-order chi connectivity index (χ0) is 13.0. The van der Waals surface area contributed by atoms with E-state index in [1.54, 1.807) is 0 Å². The van der Waals surface area contributed by atoms with Gasteiger partial charge in [-0.1, -0.05) is 18.2 Å².